The van der Waals surface area contributed by atoms with Gasteiger partial charge in [0.05, 0.1) is 6.20 Å². The van der Waals surface area contributed by atoms with E-state index in [0.717, 1.165) is 5.56 Å². The van der Waals surface area contributed by atoms with Crippen LogP contribution in [0.3, 0.4) is 0 Å². The zero-order valence-electron chi connectivity index (χ0n) is 5.98. The number of halogens is 4. The first-order chi connectivity index (χ1) is 5.65. The lowest BCUT2D eigenvalue weighted by molar-refractivity contribution is 0.121. The van der Waals surface area contributed by atoms with Gasteiger partial charge in [0.2, 0.25) is 0 Å². The maximum Gasteiger partial charge on any atom is 0.257 e. The van der Waals surface area contributed by atoms with Crippen LogP contribution in [-0.2, 0) is 11.9 Å². The molecule has 1 aromatic rings. The molecule has 0 saturated heterocycles. The normalized spacial score (nSPS) is 11.1. The maximum absolute atomic E-state index is 11.9. The fourth-order valence-corrected chi connectivity index (χ4v) is 2.02. The molecule has 0 amide bonds. The van der Waals surface area contributed by atoms with Crippen LogP contribution in [0, 0.1) is 0 Å². The van der Waals surface area contributed by atoms with Gasteiger partial charge < -0.3 is 0 Å². The van der Waals surface area contributed by atoms with E-state index in [1.807, 2.05) is 0 Å². The molecule has 0 bridgehead atoms. The van der Waals surface area contributed by atoms with Crippen LogP contribution in [0.2, 0.25) is 0 Å². The predicted molar refractivity (Wildman–Crippen MR) is 48.6 cm³/mol. The van der Waals surface area contributed by atoms with E-state index in [4.69, 9.17) is 0 Å². The zero-order chi connectivity index (χ0) is 9.14. The van der Waals surface area contributed by atoms with Crippen molar-refractivity contribution >= 4 is 31.9 Å². The Hall–Kier alpha value is 0.0300. The van der Waals surface area contributed by atoms with Crippen LogP contribution < -0.4 is 0 Å². The summed E-state index contributed by atoms with van der Waals surface area (Å²) in [6.07, 6.45) is -0.814. The minimum atomic E-state index is -2.37. The molecular formula is C6H6Br2F2N2. The van der Waals surface area contributed by atoms with Crippen molar-refractivity contribution in [1.29, 1.82) is 0 Å². The molecular weight excluding hydrogens is 298 g/mol. The fraction of sp³-hybridized carbons (Fsp3) is 0.500. The maximum atomic E-state index is 11.9. The van der Waals surface area contributed by atoms with Crippen molar-refractivity contribution in [3.05, 3.63) is 16.4 Å². The number of aromatic nitrogens is 2. The summed E-state index contributed by atoms with van der Waals surface area (Å²) < 4.78 is 25.7. The summed E-state index contributed by atoms with van der Waals surface area (Å²) in [6, 6.07) is 0. The molecule has 0 saturated carbocycles. The molecule has 1 rings (SSSR count). The van der Waals surface area contributed by atoms with Crippen molar-refractivity contribution in [2.45, 2.75) is 18.3 Å². The van der Waals surface area contributed by atoms with E-state index >= 15 is 0 Å². The van der Waals surface area contributed by atoms with Crippen LogP contribution >= 0.6 is 31.9 Å². The van der Waals surface area contributed by atoms with Crippen LogP contribution in [-0.4, -0.2) is 16.2 Å². The topological polar surface area (TPSA) is 17.8 Å². The van der Waals surface area contributed by atoms with Crippen molar-refractivity contribution in [3.63, 3.8) is 0 Å². The van der Waals surface area contributed by atoms with Crippen molar-refractivity contribution in [3.8, 4) is 0 Å². The monoisotopic (exact) mass is 302 g/mol. The summed E-state index contributed by atoms with van der Waals surface area (Å²) in [7, 11) is 0. The minimum absolute atomic E-state index is 0.367. The molecule has 0 aliphatic heterocycles. The Labute approximate surface area is 85.2 Å². The Bertz CT molecular complexity index is 262. The molecule has 12 heavy (non-hydrogen) atoms. The molecule has 0 atom stereocenters. The lowest BCUT2D eigenvalue weighted by Crippen LogP contribution is -2.08. The van der Waals surface area contributed by atoms with Gasteiger partial charge in [0.25, 0.3) is 6.43 Å². The van der Waals surface area contributed by atoms with E-state index in [2.05, 4.69) is 37.0 Å². The van der Waals surface area contributed by atoms with Gasteiger partial charge >= 0.3 is 0 Å². The molecule has 0 aliphatic rings. The third-order valence-electron chi connectivity index (χ3n) is 1.30. The van der Waals surface area contributed by atoms with Crippen molar-refractivity contribution in [1.82, 2.24) is 9.78 Å². The van der Waals surface area contributed by atoms with Crippen molar-refractivity contribution in [2.75, 3.05) is 0 Å². The largest absolute Gasteiger partial charge is 0.257 e. The van der Waals surface area contributed by atoms with Gasteiger partial charge in [0.15, 0.2) is 0 Å². The molecule has 0 unspecified atom stereocenters. The first-order valence-electron chi connectivity index (χ1n) is 3.19. The van der Waals surface area contributed by atoms with Crippen LogP contribution in [0.25, 0.3) is 0 Å². The van der Waals surface area contributed by atoms with Crippen molar-refractivity contribution in [2.24, 2.45) is 0 Å². The number of rotatable bonds is 3. The highest BCUT2D eigenvalue weighted by Gasteiger charge is 2.10. The summed E-state index contributed by atoms with van der Waals surface area (Å²) in [5, 5.41) is 4.39. The quantitative estimate of drug-likeness (QED) is 0.785. The summed E-state index contributed by atoms with van der Waals surface area (Å²) in [4.78, 5) is 0. The van der Waals surface area contributed by atoms with Gasteiger partial charge in [-0.3, -0.25) is 4.68 Å². The average molecular weight is 304 g/mol. The number of nitrogens with zero attached hydrogens (tertiary/aromatic N) is 2. The van der Waals surface area contributed by atoms with Crippen LogP contribution in [0.1, 0.15) is 5.56 Å². The van der Waals surface area contributed by atoms with Gasteiger partial charge in [-0.1, -0.05) is 15.9 Å². The third kappa shape index (κ3) is 2.26. The smallest absolute Gasteiger partial charge is 0.252 e. The number of hydrogen-bond donors (Lipinski definition) is 0. The molecule has 1 aromatic heterocycles. The summed E-state index contributed by atoms with van der Waals surface area (Å²) in [6.45, 7) is -0.367. The van der Waals surface area contributed by atoms with E-state index < -0.39 is 6.43 Å². The van der Waals surface area contributed by atoms with E-state index in [1.54, 1.807) is 6.20 Å². The standard InChI is InChI=1S/C6H6Br2F2N2/c7-1-4-2-11-12(6(4)8)3-5(9)10/h2,5H,1,3H2. The lowest BCUT2D eigenvalue weighted by Gasteiger charge is -2.01. The molecule has 6 heteroatoms. The highest BCUT2D eigenvalue weighted by molar-refractivity contribution is 9.10. The Morgan fingerprint density at radius 3 is 2.67 bits per heavy atom. The fourth-order valence-electron chi connectivity index (χ4n) is 0.757. The second kappa shape index (κ2) is 4.32. The van der Waals surface area contributed by atoms with E-state index in [9.17, 15) is 8.78 Å². The van der Waals surface area contributed by atoms with E-state index in [1.165, 1.54) is 4.68 Å². The average Bonchev–Trinajstić information content (AvgIpc) is 2.32. The van der Waals surface area contributed by atoms with Crippen LogP contribution in [0.5, 0.6) is 0 Å². The highest BCUT2D eigenvalue weighted by atomic mass is 79.9. The van der Waals surface area contributed by atoms with Gasteiger partial charge in [-0.05, 0) is 15.9 Å². The second-order valence-electron chi connectivity index (χ2n) is 2.17. The summed E-state index contributed by atoms with van der Waals surface area (Å²) >= 11 is 6.39. The third-order valence-corrected chi connectivity index (χ3v) is 2.82. The van der Waals surface area contributed by atoms with Gasteiger partial charge in [-0.25, -0.2) is 8.78 Å². The van der Waals surface area contributed by atoms with Gasteiger partial charge in [-0.2, -0.15) is 5.10 Å². The Kier molecular flexibility index (Phi) is 3.64. The zero-order valence-corrected chi connectivity index (χ0v) is 9.15. The number of hydrogen-bond acceptors (Lipinski definition) is 1. The molecule has 0 N–H and O–H groups in total. The first kappa shape index (κ1) is 10.1. The lowest BCUT2D eigenvalue weighted by atomic mass is 10.4. The van der Waals surface area contributed by atoms with Gasteiger partial charge in [0, 0.05) is 10.9 Å². The SMILES string of the molecule is FC(F)Cn1ncc(CBr)c1Br. The number of alkyl halides is 3. The summed E-state index contributed by atoms with van der Waals surface area (Å²) in [5.74, 6) is 0. The summed E-state index contributed by atoms with van der Waals surface area (Å²) in [5.41, 5.74) is 0.871. The predicted octanol–water partition coefficient (Wildman–Crippen LogP) is 2.81. The van der Waals surface area contributed by atoms with Crippen molar-refractivity contribution < 1.29 is 8.78 Å². The highest BCUT2D eigenvalue weighted by Crippen LogP contribution is 2.19. The molecule has 0 spiro atoms. The molecule has 0 radical (unpaired) electrons. The molecule has 0 aliphatic carbocycles. The van der Waals surface area contributed by atoms with Gasteiger partial charge in [-0.15, -0.1) is 0 Å². The molecule has 68 valence electrons. The van der Waals surface area contributed by atoms with E-state index in [-0.39, 0.29) is 6.54 Å². The van der Waals surface area contributed by atoms with Crippen LogP contribution in [0.4, 0.5) is 8.78 Å². The Morgan fingerprint density at radius 2 is 2.25 bits per heavy atom. The molecule has 2 nitrogen and oxygen atoms in total. The molecule has 0 fully saturated rings. The first-order valence-corrected chi connectivity index (χ1v) is 5.11. The van der Waals surface area contributed by atoms with E-state index in [0.29, 0.717) is 9.93 Å². The Balaban J connectivity index is 2.80. The van der Waals surface area contributed by atoms with Crippen LogP contribution in [0.15, 0.2) is 10.8 Å². The minimum Gasteiger partial charge on any atom is -0.252 e. The molecule has 0 aromatic carbocycles. The Morgan fingerprint density at radius 1 is 1.58 bits per heavy atom. The second-order valence-corrected chi connectivity index (χ2v) is 3.48. The van der Waals surface area contributed by atoms with Gasteiger partial charge in [0.1, 0.15) is 11.1 Å². The molecule has 1 heterocycles.